The molecule has 1 fully saturated rings. The molecule has 6 heteroatoms. The number of ether oxygens (including phenoxy) is 2. The summed E-state index contributed by atoms with van der Waals surface area (Å²) >= 11 is 0. The van der Waals surface area contributed by atoms with E-state index in [1.807, 2.05) is 6.92 Å². The van der Waals surface area contributed by atoms with Gasteiger partial charge in [-0.3, -0.25) is 4.90 Å². The number of carbonyl (C=O) groups is 2. The van der Waals surface area contributed by atoms with Gasteiger partial charge in [-0.25, -0.2) is 9.59 Å². The molecular formula is C16H27NO5. The van der Waals surface area contributed by atoms with Crippen LogP contribution in [0.25, 0.3) is 0 Å². The number of carboxylic acids is 1. The maximum Gasteiger partial charge on any atom is 0.334 e. The Labute approximate surface area is 132 Å². The molecule has 0 saturated carbocycles. The fraction of sp³-hybridized carbons (Fsp3) is 0.750. The predicted octanol–water partition coefficient (Wildman–Crippen LogP) is 1.70. The third-order valence-corrected chi connectivity index (χ3v) is 3.47. The summed E-state index contributed by atoms with van der Waals surface area (Å²) in [5.41, 5.74) is 0.217. The Kier molecular flexibility index (Phi) is 8.12. The highest BCUT2D eigenvalue weighted by atomic mass is 16.5. The van der Waals surface area contributed by atoms with Crippen molar-refractivity contribution >= 4 is 11.9 Å². The lowest BCUT2D eigenvalue weighted by Crippen LogP contribution is -2.37. The molecule has 0 bridgehead atoms. The molecule has 1 atom stereocenters. The van der Waals surface area contributed by atoms with Crippen molar-refractivity contribution < 1.29 is 24.2 Å². The first-order valence-corrected chi connectivity index (χ1v) is 7.83. The summed E-state index contributed by atoms with van der Waals surface area (Å²) in [5, 5.41) is 8.93. The van der Waals surface area contributed by atoms with Gasteiger partial charge in [-0.05, 0) is 25.7 Å². The van der Waals surface area contributed by atoms with E-state index in [-0.39, 0.29) is 11.7 Å². The molecular weight excluding hydrogens is 286 g/mol. The van der Waals surface area contributed by atoms with E-state index < -0.39 is 11.9 Å². The van der Waals surface area contributed by atoms with Crippen molar-refractivity contribution in [2.75, 3.05) is 32.8 Å². The number of carboxylic acid groups (broad SMARTS) is 1. The maximum absolute atomic E-state index is 12.1. The number of aliphatic carboxylic acids is 1. The lowest BCUT2D eigenvalue weighted by molar-refractivity contribution is -0.145. The molecule has 6 nitrogen and oxygen atoms in total. The van der Waals surface area contributed by atoms with Crippen LogP contribution in [0, 0.1) is 5.92 Å². The molecule has 126 valence electrons. The van der Waals surface area contributed by atoms with Gasteiger partial charge in [0, 0.05) is 31.3 Å². The normalized spacial score (nSPS) is 18.3. The van der Waals surface area contributed by atoms with Crippen LogP contribution in [0.2, 0.25) is 0 Å². The number of rotatable bonds is 8. The van der Waals surface area contributed by atoms with Crippen LogP contribution >= 0.6 is 0 Å². The van der Waals surface area contributed by atoms with Crippen molar-refractivity contribution in [2.24, 2.45) is 5.92 Å². The van der Waals surface area contributed by atoms with Crippen molar-refractivity contribution in [1.82, 2.24) is 4.90 Å². The number of carbonyl (C=O) groups excluding carboxylic acids is 1. The van der Waals surface area contributed by atoms with Crippen LogP contribution in [0.4, 0.5) is 0 Å². The van der Waals surface area contributed by atoms with Crippen molar-refractivity contribution in [1.29, 1.82) is 0 Å². The van der Waals surface area contributed by atoms with Crippen molar-refractivity contribution in [3.05, 3.63) is 11.6 Å². The molecule has 0 aromatic rings. The van der Waals surface area contributed by atoms with E-state index in [0.717, 1.165) is 25.6 Å². The summed E-state index contributed by atoms with van der Waals surface area (Å²) in [7, 11) is 0. The second kappa shape index (κ2) is 9.58. The maximum atomic E-state index is 12.1. The standard InChI is InChI=1S/C16H27NO5/c1-12(2)10-13(3)22-16(20)14(11-15(18)19)4-5-17-6-8-21-9-7-17/h11-13H,4-10H2,1-3H3,(H,18,19)/b14-11+. The Morgan fingerprint density at radius 1 is 1.27 bits per heavy atom. The van der Waals surface area contributed by atoms with E-state index >= 15 is 0 Å². The average Bonchev–Trinajstić information content (AvgIpc) is 2.43. The summed E-state index contributed by atoms with van der Waals surface area (Å²) < 4.78 is 10.6. The molecule has 1 saturated heterocycles. The Morgan fingerprint density at radius 3 is 2.45 bits per heavy atom. The zero-order valence-corrected chi connectivity index (χ0v) is 13.7. The van der Waals surface area contributed by atoms with Crippen LogP contribution in [0.15, 0.2) is 11.6 Å². The molecule has 0 spiro atoms. The van der Waals surface area contributed by atoms with Crippen LogP contribution in [0.3, 0.4) is 0 Å². The van der Waals surface area contributed by atoms with Crippen LogP contribution in [0.1, 0.15) is 33.6 Å². The number of hydrogen-bond acceptors (Lipinski definition) is 5. The molecule has 0 radical (unpaired) electrons. The summed E-state index contributed by atoms with van der Waals surface area (Å²) in [6, 6.07) is 0. The predicted molar refractivity (Wildman–Crippen MR) is 82.6 cm³/mol. The number of morpholine rings is 1. The molecule has 0 aliphatic carbocycles. The molecule has 1 aliphatic heterocycles. The molecule has 22 heavy (non-hydrogen) atoms. The van der Waals surface area contributed by atoms with Gasteiger partial charge in [-0.15, -0.1) is 0 Å². The van der Waals surface area contributed by atoms with Gasteiger partial charge in [0.05, 0.1) is 19.3 Å². The Hall–Kier alpha value is -1.40. The Morgan fingerprint density at radius 2 is 1.91 bits per heavy atom. The molecule has 1 heterocycles. The smallest absolute Gasteiger partial charge is 0.334 e. The third kappa shape index (κ3) is 7.56. The van der Waals surface area contributed by atoms with Gasteiger partial charge in [0.1, 0.15) is 0 Å². The van der Waals surface area contributed by atoms with Crippen LogP contribution in [-0.4, -0.2) is 60.9 Å². The lowest BCUT2D eigenvalue weighted by atomic mass is 10.1. The highest BCUT2D eigenvalue weighted by molar-refractivity contribution is 5.95. The molecule has 1 N–H and O–H groups in total. The monoisotopic (exact) mass is 313 g/mol. The Bertz CT molecular complexity index is 399. The zero-order valence-electron chi connectivity index (χ0n) is 13.7. The molecule has 1 rings (SSSR count). The van der Waals surface area contributed by atoms with Crippen LogP contribution < -0.4 is 0 Å². The number of esters is 1. The summed E-state index contributed by atoms with van der Waals surface area (Å²) in [4.78, 5) is 25.2. The first-order chi connectivity index (χ1) is 10.4. The molecule has 1 unspecified atom stereocenters. The molecule has 0 amide bonds. The summed E-state index contributed by atoms with van der Waals surface area (Å²) in [5.74, 6) is -1.22. The number of nitrogens with zero attached hydrogens (tertiary/aromatic N) is 1. The van der Waals surface area contributed by atoms with E-state index in [1.54, 1.807) is 0 Å². The fourth-order valence-electron chi connectivity index (χ4n) is 2.46. The molecule has 0 aromatic heterocycles. The second-order valence-corrected chi connectivity index (χ2v) is 6.06. The van der Waals surface area contributed by atoms with E-state index in [9.17, 15) is 9.59 Å². The highest BCUT2D eigenvalue weighted by Gasteiger charge is 2.19. The topological polar surface area (TPSA) is 76.1 Å². The zero-order chi connectivity index (χ0) is 16.5. The van der Waals surface area contributed by atoms with E-state index in [4.69, 9.17) is 14.6 Å². The van der Waals surface area contributed by atoms with Crippen molar-refractivity contribution in [2.45, 2.75) is 39.7 Å². The van der Waals surface area contributed by atoms with Gasteiger partial charge in [0.25, 0.3) is 0 Å². The fourth-order valence-corrected chi connectivity index (χ4v) is 2.46. The quantitative estimate of drug-likeness (QED) is 0.543. The minimum absolute atomic E-state index is 0.215. The summed E-state index contributed by atoms with van der Waals surface area (Å²) in [6.45, 7) is 9.53. The minimum atomic E-state index is -1.12. The lowest BCUT2D eigenvalue weighted by Gasteiger charge is -2.26. The molecule has 1 aliphatic rings. The third-order valence-electron chi connectivity index (χ3n) is 3.47. The van der Waals surface area contributed by atoms with Crippen molar-refractivity contribution in [3.8, 4) is 0 Å². The van der Waals surface area contributed by atoms with Crippen LogP contribution in [0.5, 0.6) is 0 Å². The van der Waals surface area contributed by atoms with Gasteiger partial charge in [-0.1, -0.05) is 13.8 Å². The van der Waals surface area contributed by atoms with Gasteiger partial charge < -0.3 is 14.6 Å². The van der Waals surface area contributed by atoms with E-state index in [1.165, 1.54) is 0 Å². The van der Waals surface area contributed by atoms with Crippen molar-refractivity contribution in [3.63, 3.8) is 0 Å². The van der Waals surface area contributed by atoms with Gasteiger partial charge in [0.2, 0.25) is 0 Å². The highest BCUT2D eigenvalue weighted by Crippen LogP contribution is 2.13. The van der Waals surface area contributed by atoms with E-state index in [0.29, 0.717) is 32.1 Å². The van der Waals surface area contributed by atoms with Gasteiger partial charge in [-0.2, -0.15) is 0 Å². The molecule has 0 aromatic carbocycles. The first kappa shape index (κ1) is 18.6. The average molecular weight is 313 g/mol. The largest absolute Gasteiger partial charge is 0.478 e. The van der Waals surface area contributed by atoms with Crippen LogP contribution in [-0.2, 0) is 19.1 Å². The van der Waals surface area contributed by atoms with Gasteiger partial charge >= 0.3 is 11.9 Å². The minimum Gasteiger partial charge on any atom is -0.478 e. The van der Waals surface area contributed by atoms with E-state index in [2.05, 4.69) is 18.7 Å². The SMILES string of the molecule is CC(C)CC(C)OC(=O)/C(=C/C(=O)O)CCN1CCOCC1. The second-order valence-electron chi connectivity index (χ2n) is 6.06. The Balaban J connectivity index is 2.55. The van der Waals surface area contributed by atoms with Gasteiger partial charge in [0.15, 0.2) is 0 Å². The summed E-state index contributed by atoms with van der Waals surface area (Å²) in [6.07, 6.45) is 1.88. The number of hydrogen-bond donors (Lipinski definition) is 1. The first-order valence-electron chi connectivity index (χ1n) is 7.83.